The number of aryl methyl sites for hydroxylation is 1. The molecule has 2 aromatic heterocycles. The molecule has 4 aromatic rings. The highest BCUT2D eigenvalue weighted by atomic mass is 35.5. The quantitative estimate of drug-likeness (QED) is 0.575. The van der Waals surface area contributed by atoms with Crippen LogP contribution in [0, 0.1) is 6.92 Å². The Hall–Kier alpha value is -3.38. The van der Waals surface area contributed by atoms with E-state index >= 15 is 0 Å². The largest absolute Gasteiger partial charge is 0.324 e. The third-order valence-electron chi connectivity index (χ3n) is 4.46. The number of carbonyl (C=O) groups is 1. The Morgan fingerprint density at radius 2 is 1.89 bits per heavy atom. The topological polar surface area (TPSA) is 68.4 Å². The number of carbonyl (C=O) groups excluding carboxylic acids is 1. The zero-order valence-electron chi connectivity index (χ0n) is 15.1. The monoisotopic (exact) mass is 392 g/mol. The van der Waals surface area contributed by atoms with Gasteiger partial charge in [-0.3, -0.25) is 9.59 Å². The molecule has 7 heteroatoms. The maximum atomic E-state index is 12.8. The Morgan fingerprint density at radius 3 is 2.68 bits per heavy atom. The van der Waals surface area contributed by atoms with Gasteiger partial charge in [0.25, 0.3) is 5.56 Å². The predicted molar refractivity (Wildman–Crippen MR) is 110 cm³/mol. The minimum Gasteiger partial charge on any atom is -0.324 e. The first-order chi connectivity index (χ1) is 13.5. The van der Waals surface area contributed by atoms with Gasteiger partial charge in [0, 0.05) is 28.7 Å². The van der Waals surface area contributed by atoms with E-state index in [-0.39, 0.29) is 18.0 Å². The van der Waals surface area contributed by atoms with E-state index in [0.717, 1.165) is 11.1 Å². The molecule has 6 nitrogen and oxygen atoms in total. The van der Waals surface area contributed by atoms with Gasteiger partial charge in [-0.25, -0.2) is 4.52 Å². The molecule has 0 unspecified atom stereocenters. The molecular weight excluding hydrogens is 376 g/mol. The van der Waals surface area contributed by atoms with Gasteiger partial charge in [-0.2, -0.15) is 5.10 Å². The van der Waals surface area contributed by atoms with Crippen LogP contribution in [0.5, 0.6) is 0 Å². The van der Waals surface area contributed by atoms with Crippen LogP contribution in [0.15, 0.2) is 71.8 Å². The van der Waals surface area contributed by atoms with Crippen LogP contribution < -0.4 is 10.9 Å². The third-order valence-corrected chi connectivity index (χ3v) is 4.70. The standard InChI is InChI=1S/C21H17ClN4O2/c1-14-7-8-16(22)11-17(14)23-20(27)13-25-9-10-26-19(21(25)28)12-18(24-26)15-5-3-2-4-6-15/h2-12H,13H2,1H3,(H,23,27). The third kappa shape index (κ3) is 3.54. The zero-order chi connectivity index (χ0) is 19.7. The Morgan fingerprint density at radius 1 is 1.11 bits per heavy atom. The summed E-state index contributed by atoms with van der Waals surface area (Å²) >= 11 is 5.99. The van der Waals surface area contributed by atoms with Crippen molar-refractivity contribution in [2.24, 2.45) is 0 Å². The summed E-state index contributed by atoms with van der Waals surface area (Å²) in [7, 11) is 0. The number of nitrogens with one attached hydrogen (secondary N) is 1. The Kier molecular flexibility index (Phi) is 4.71. The second kappa shape index (κ2) is 7.32. The maximum Gasteiger partial charge on any atom is 0.277 e. The smallest absolute Gasteiger partial charge is 0.277 e. The summed E-state index contributed by atoms with van der Waals surface area (Å²) in [5.41, 5.74) is 3.27. The lowest BCUT2D eigenvalue weighted by Gasteiger charge is -2.10. The van der Waals surface area contributed by atoms with Crippen molar-refractivity contribution < 1.29 is 4.79 Å². The van der Waals surface area contributed by atoms with E-state index in [1.165, 1.54) is 9.08 Å². The molecule has 0 saturated heterocycles. The van der Waals surface area contributed by atoms with Crippen LogP contribution >= 0.6 is 11.6 Å². The molecule has 140 valence electrons. The number of nitrogens with zero attached hydrogens (tertiary/aromatic N) is 3. The van der Waals surface area contributed by atoms with Crippen molar-refractivity contribution in [2.75, 3.05) is 5.32 Å². The van der Waals surface area contributed by atoms with Crippen molar-refractivity contribution in [1.29, 1.82) is 0 Å². The van der Waals surface area contributed by atoms with Crippen molar-refractivity contribution in [2.45, 2.75) is 13.5 Å². The summed E-state index contributed by atoms with van der Waals surface area (Å²) in [6, 6.07) is 16.6. The second-order valence-electron chi connectivity index (χ2n) is 6.46. The van der Waals surface area contributed by atoms with Crippen LogP contribution in [0.2, 0.25) is 5.02 Å². The number of rotatable bonds is 4. The Labute approximate surface area is 166 Å². The number of fused-ring (bicyclic) bond motifs is 1. The average molecular weight is 393 g/mol. The molecule has 0 radical (unpaired) electrons. The number of halogens is 1. The lowest BCUT2D eigenvalue weighted by atomic mass is 10.1. The normalized spacial score (nSPS) is 10.9. The molecule has 0 bridgehead atoms. The summed E-state index contributed by atoms with van der Waals surface area (Å²) < 4.78 is 2.89. The lowest BCUT2D eigenvalue weighted by Crippen LogP contribution is -2.28. The van der Waals surface area contributed by atoms with E-state index in [4.69, 9.17) is 11.6 Å². The van der Waals surface area contributed by atoms with E-state index in [9.17, 15) is 9.59 Å². The highest BCUT2D eigenvalue weighted by molar-refractivity contribution is 6.31. The molecule has 0 saturated carbocycles. The second-order valence-corrected chi connectivity index (χ2v) is 6.90. The first kappa shape index (κ1) is 18.0. The first-order valence-electron chi connectivity index (χ1n) is 8.71. The van der Waals surface area contributed by atoms with Gasteiger partial charge >= 0.3 is 0 Å². The van der Waals surface area contributed by atoms with Gasteiger partial charge in [0.2, 0.25) is 5.91 Å². The van der Waals surface area contributed by atoms with E-state index in [1.54, 1.807) is 30.6 Å². The fourth-order valence-corrected chi connectivity index (χ4v) is 3.15. The molecule has 0 aliphatic rings. The molecule has 28 heavy (non-hydrogen) atoms. The highest BCUT2D eigenvalue weighted by Crippen LogP contribution is 2.20. The van der Waals surface area contributed by atoms with Crippen molar-refractivity contribution in [3.63, 3.8) is 0 Å². The van der Waals surface area contributed by atoms with Crippen molar-refractivity contribution >= 4 is 28.7 Å². The molecule has 2 aromatic carbocycles. The SMILES string of the molecule is Cc1ccc(Cl)cc1NC(=O)Cn1ccn2nc(-c3ccccc3)cc2c1=O. The van der Waals surface area contributed by atoms with Crippen LogP contribution in [0.1, 0.15) is 5.56 Å². The summed E-state index contributed by atoms with van der Waals surface area (Å²) in [5.74, 6) is -0.306. The minimum absolute atomic E-state index is 0.104. The number of hydrogen-bond donors (Lipinski definition) is 1. The van der Waals surface area contributed by atoms with Crippen molar-refractivity contribution in [3.8, 4) is 11.3 Å². The molecule has 0 aliphatic carbocycles. The van der Waals surface area contributed by atoms with Gasteiger partial charge in [-0.1, -0.05) is 48.0 Å². The summed E-state index contributed by atoms with van der Waals surface area (Å²) in [6.07, 6.45) is 3.22. The fourth-order valence-electron chi connectivity index (χ4n) is 2.97. The van der Waals surface area contributed by atoms with Gasteiger partial charge < -0.3 is 9.88 Å². The van der Waals surface area contributed by atoms with Crippen molar-refractivity contribution in [3.05, 3.63) is 87.9 Å². The van der Waals surface area contributed by atoms with Crippen LogP contribution in [0.25, 0.3) is 16.8 Å². The maximum absolute atomic E-state index is 12.8. The molecule has 1 amide bonds. The van der Waals surface area contributed by atoms with E-state index in [0.29, 0.717) is 21.9 Å². The summed E-state index contributed by atoms with van der Waals surface area (Å²) in [5, 5.41) is 7.78. The molecule has 0 aliphatic heterocycles. The Balaban J connectivity index is 1.60. The number of amides is 1. The molecule has 2 heterocycles. The van der Waals surface area contributed by atoms with Crippen LogP contribution in [0.3, 0.4) is 0 Å². The Bertz CT molecular complexity index is 1230. The number of hydrogen-bond acceptors (Lipinski definition) is 3. The van der Waals surface area contributed by atoms with Crippen LogP contribution in [0.4, 0.5) is 5.69 Å². The van der Waals surface area contributed by atoms with Gasteiger partial charge in [-0.05, 0) is 30.7 Å². The molecule has 0 fully saturated rings. The van der Waals surface area contributed by atoms with Gasteiger partial charge in [0.15, 0.2) is 0 Å². The minimum atomic E-state index is -0.306. The van der Waals surface area contributed by atoms with Gasteiger partial charge in [0.05, 0.1) is 5.69 Å². The fraction of sp³-hybridized carbons (Fsp3) is 0.0952. The van der Waals surface area contributed by atoms with Crippen LogP contribution in [-0.2, 0) is 11.3 Å². The number of anilines is 1. The summed E-state index contributed by atoms with van der Waals surface area (Å²) in [6.45, 7) is 1.77. The molecule has 0 atom stereocenters. The van der Waals surface area contributed by atoms with Gasteiger partial charge in [-0.15, -0.1) is 0 Å². The average Bonchev–Trinajstić information content (AvgIpc) is 3.13. The zero-order valence-corrected chi connectivity index (χ0v) is 15.8. The van der Waals surface area contributed by atoms with Crippen LogP contribution in [-0.4, -0.2) is 20.1 Å². The predicted octanol–water partition coefficient (Wildman–Crippen LogP) is 3.76. The molecular formula is C21H17ClN4O2. The molecule has 0 spiro atoms. The van der Waals surface area contributed by atoms with Gasteiger partial charge in [0.1, 0.15) is 12.1 Å². The summed E-state index contributed by atoms with van der Waals surface area (Å²) in [4.78, 5) is 25.2. The van der Waals surface area contributed by atoms with Crippen molar-refractivity contribution in [1.82, 2.24) is 14.2 Å². The van der Waals surface area contributed by atoms with E-state index in [2.05, 4.69) is 10.4 Å². The van der Waals surface area contributed by atoms with E-state index in [1.807, 2.05) is 43.3 Å². The molecule has 4 rings (SSSR count). The first-order valence-corrected chi connectivity index (χ1v) is 9.09. The number of aromatic nitrogens is 3. The number of benzene rings is 2. The van der Waals surface area contributed by atoms with E-state index < -0.39 is 0 Å². The molecule has 1 N–H and O–H groups in total. The highest BCUT2D eigenvalue weighted by Gasteiger charge is 2.12. The lowest BCUT2D eigenvalue weighted by molar-refractivity contribution is -0.116.